The highest BCUT2D eigenvalue weighted by molar-refractivity contribution is 5.69. The van der Waals surface area contributed by atoms with Crippen LogP contribution in [0.25, 0.3) is 0 Å². The van der Waals surface area contributed by atoms with E-state index in [1.807, 2.05) is 6.92 Å². The number of carboxylic acids is 1. The fourth-order valence-corrected chi connectivity index (χ4v) is 0.797. The number of hydrogen-bond acceptors (Lipinski definition) is 2. The molecule has 0 heterocycles. The molecule has 0 aromatic heterocycles. The van der Waals surface area contributed by atoms with Crippen LogP contribution in [-0.4, -0.2) is 24.8 Å². The monoisotopic (exact) mass is 160 g/mol. The summed E-state index contributed by atoms with van der Waals surface area (Å²) in [4.78, 5) is 10.5. The van der Waals surface area contributed by atoms with E-state index in [9.17, 15) is 4.79 Å². The van der Waals surface area contributed by atoms with Gasteiger partial charge < -0.3 is 9.84 Å². The number of carboxylic acid groups (broad SMARTS) is 1. The predicted octanol–water partition coefficient (Wildman–Crippen LogP) is 1.38. The Morgan fingerprint density at radius 2 is 2.09 bits per heavy atom. The van der Waals surface area contributed by atoms with Gasteiger partial charge in [-0.15, -0.1) is 0 Å². The van der Waals surface area contributed by atoms with Gasteiger partial charge in [0.2, 0.25) is 0 Å². The minimum Gasteiger partial charge on any atom is -0.481 e. The van der Waals surface area contributed by atoms with Crippen molar-refractivity contribution in [3.63, 3.8) is 0 Å². The summed E-state index contributed by atoms with van der Waals surface area (Å²) in [5, 5.41) is 8.61. The van der Waals surface area contributed by atoms with Crippen molar-refractivity contribution in [1.29, 1.82) is 0 Å². The van der Waals surface area contributed by atoms with E-state index >= 15 is 0 Å². The summed E-state index contributed by atoms with van der Waals surface area (Å²) in [6.07, 6.45) is 0.809. The van der Waals surface area contributed by atoms with Crippen molar-refractivity contribution >= 4 is 5.97 Å². The number of carbonyl (C=O) groups is 1. The third-order valence-corrected chi connectivity index (χ3v) is 2.02. The molecule has 1 N–H and O–H groups in total. The van der Waals surface area contributed by atoms with Crippen molar-refractivity contribution in [2.45, 2.75) is 20.3 Å². The van der Waals surface area contributed by atoms with Crippen molar-refractivity contribution in [3.05, 3.63) is 0 Å². The van der Waals surface area contributed by atoms with Gasteiger partial charge in [-0.05, 0) is 12.3 Å². The zero-order valence-corrected chi connectivity index (χ0v) is 7.33. The molecule has 0 saturated heterocycles. The van der Waals surface area contributed by atoms with Crippen molar-refractivity contribution in [1.82, 2.24) is 0 Å². The average molecular weight is 160 g/mol. The minimum atomic E-state index is -0.728. The summed E-state index contributed by atoms with van der Waals surface area (Å²) < 4.78 is 4.85. The molecule has 0 aromatic carbocycles. The van der Waals surface area contributed by atoms with Crippen molar-refractivity contribution in [2.75, 3.05) is 13.7 Å². The molecule has 0 saturated carbocycles. The first-order chi connectivity index (χ1) is 5.09. The van der Waals surface area contributed by atoms with Gasteiger partial charge in [0.25, 0.3) is 0 Å². The Hall–Kier alpha value is -0.570. The zero-order chi connectivity index (χ0) is 8.85. The quantitative estimate of drug-likeness (QED) is 0.661. The smallest absolute Gasteiger partial charge is 0.306 e. The van der Waals surface area contributed by atoms with Crippen molar-refractivity contribution in [2.24, 2.45) is 11.8 Å². The van der Waals surface area contributed by atoms with Crippen LogP contribution in [0.2, 0.25) is 0 Å². The SMILES string of the molecule is COCCC(C)C(C)C(=O)O. The Kier molecular flexibility index (Phi) is 4.86. The molecule has 11 heavy (non-hydrogen) atoms. The van der Waals surface area contributed by atoms with Crippen LogP contribution in [0, 0.1) is 11.8 Å². The largest absolute Gasteiger partial charge is 0.481 e. The number of hydrogen-bond donors (Lipinski definition) is 1. The van der Waals surface area contributed by atoms with E-state index < -0.39 is 5.97 Å². The zero-order valence-electron chi connectivity index (χ0n) is 7.33. The molecule has 3 nitrogen and oxygen atoms in total. The van der Waals surface area contributed by atoms with Gasteiger partial charge in [-0.25, -0.2) is 0 Å². The van der Waals surface area contributed by atoms with Gasteiger partial charge in [0, 0.05) is 13.7 Å². The summed E-state index contributed by atoms with van der Waals surface area (Å²) >= 11 is 0. The van der Waals surface area contributed by atoms with Crippen molar-refractivity contribution in [3.8, 4) is 0 Å². The maximum atomic E-state index is 10.5. The van der Waals surface area contributed by atoms with E-state index in [-0.39, 0.29) is 11.8 Å². The van der Waals surface area contributed by atoms with Gasteiger partial charge in [-0.3, -0.25) is 4.79 Å². The highest BCUT2D eigenvalue weighted by atomic mass is 16.5. The highest BCUT2D eigenvalue weighted by Crippen LogP contribution is 2.14. The van der Waals surface area contributed by atoms with Gasteiger partial charge >= 0.3 is 5.97 Å². The third kappa shape index (κ3) is 3.98. The molecule has 0 aliphatic carbocycles. The number of aliphatic carboxylic acids is 1. The summed E-state index contributed by atoms with van der Waals surface area (Å²) in [7, 11) is 1.62. The van der Waals surface area contributed by atoms with Gasteiger partial charge in [-0.2, -0.15) is 0 Å². The molecule has 3 heteroatoms. The van der Waals surface area contributed by atoms with Crippen LogP contribution in [0.1, 0.15) is 20.3 Å². The van der Waals surface area contributed by atoms with Crippen LogP contribution < -0.4 is 0 Å². The van der Waals surface area contributed by atoms with E-state index in [0.717, 1.165) is 6.42 Å². The van der Waals surface area contributed by atoms with Crippen LogP contribution in [0.3, 0.4) is 0 Å². The summed E-state index contributed by atoms with van der Waals surface area (Å²) in [5.74, 6) is -0.814. The molecule has 2 unspecified atom stereocenters. The fourth-order valence-electron chi connectivity index (χ4n) is 0.797. The molecule has 0 aliphatic heterocycles. The molecule has 0 amide bonds. The molecule has 0 aromatic rings. The summed E-state index contributed by atoms with van der Waals surface area (Å²) in [6, 6.07) is 0. The highest BCUT2D eigenvalue weighted by Gasteiger charge is 2.18. The standard InChI is InChI=1S/C8H16O3/c1-6(4-5-11-3)7(2)8(9)10/h6-7H,4-5H2,1-3H3,(H,9,10). The summed E-state index contributed by atoms with van der Waals surface area (Å²) in [5.41, 5.74) is 0. The molecule has 2 atom stereocenters. The molecule has 0 fully saturated rings. The molecule has 66 valence electrons. The van der Waals surface area contributed by atoms with Gasteiger partial charge in [0.15, 0.2) is 0 Å². The lowest BCUT2D eigenvalue weighted by molar-refractivity contribution is -0.142. The lowest BCUT2D eigenvalue weighted by Crippen LogP contribution is -2.19. The molecular formula is C8H16O3. The molecule has 0 aliphatic rings. The predicted molar refractivity (Wildman–Crippen MR) is 42.5 cm³/mol. The normalized spacial score (nSPS) is 15.9. The third-order valence-electron chi connectivity index (χ3n) is 2.02. The Balaban J connectivity index is 3.63. The van der Waals surface area contributed by atoms with E-state index in [0.29, 0.717) is 6.61 Å². The van der Waals surface area contributed by atoms with Crippen LogP contribution in [0.4, 0.5) is 0 Å². The van der Waals surface area contributed by atoms with Crippen LogP contribution in [0.15, 0.2) is 0 Å². The molecule has 0 rings (SSSR count). The van der Waals surface area contributed by atoms with Gasteiger partial charge in [0.1, 0.15) is 0 Å². The fraction of sp³-hybridized carbons (Fsp3) is 0.875. The van der Waals surface area contributed by atoms with Crippen LogP contribution >= 0.6 is 0 Å². The van der Waals surface area contributed by atoms with Gasteiger partial charge in [-0.1, -0.05) is 13.8 Å². The lowest BCUT2D eigenvalue weighted by atomic mass is 9.93. The Morgan fingerprint density at radius 3 is 2.45 bits per heavy atom. The maximum Gasteiger partial charge on any atom is 0.306 e. The molecule has 0 spiro atoms. The number of ether oxygens (including phenoxy) is 1. The molecule has 0 bridgehead atoms. The Bertz CT molecular complexity index is 123. The second-order valence-electron chi connectivity index (χ2n) is 2.89. The average Bonchev–Trinajstić information content (AvgIpc) is 1.98. The van der Waals surface area contributed by atoms with E-state index in [2.05, 4.69) is 0 Å². The van der Waals surface area contributed by atoms with Crippen LogP contribution in [0.5, 0.6) is 0 Å². The van der Waals surface area contributed by atoms with Gasteiger partial charge in [0.05, 0.1) is 5.92 Å². The summed E-state index contributed by atoms with van der Waals surface area (Å²) in [6.45, 7) is 4.29. The van der Waals surface area contributed by atoms with E-state index in [1.165, 1.54) is 0 Å². The first kappa shape index (κ1) is 10.4. The van der Waals surface area contributed by atoms with Crippen molar-refractivity contribution < 1.29 is 14.6 Å². The molecule has 0 radical (unpaired) electrons. The first-order valence-electron chi connectivity index (χ1n) is 3.81. The minimum absolute atomic E-state index is 0.187. The Labute approximate surface area is 67.4 Å². The van der Waals surface area contributed by atoms with E-state index in [1.54, 1.807) is 14.0 Å². The number of rotatable bonds is 5. The second-order valence-corrected chi connectivity index (χ2v) is 2.89. The Morgan fingerprint density at radius 1 is 1.55 bits per heavy atom. The van der Waals surface area contributed by atoms with E-state index in [4.69, 9.17) is 9.84 Å². The maximum absolute atomic E-state index is 10.5. The first-order valence-corrected chi connectivity index (χ1v) is 3.81. The van der Waals surface area contributed by atoms with Crippen LogP contribution in [-0.2, 0) is 9.53 Å². The lowest BCUT2D eigenvalue weighted by Gasteiger charge is -2.14. The second kappa shape index (κ2) is 5.13. The molecular weight excluding hydrogens is 144 g/mol. The topological polar surface area (TPSA) is 46.5 Å². The number of methoxy groups -OCH3 is 1.